The summed E-state index contributed by atoms with van der Waals surface area (Å²) in [5.74, 6) is 2.64. The lowest BCUT2D eigenvalue weighted by molar-refractivity contribution is 0.153. The molecule has 0 spiro atoms. The SMILES string of the molecule is CCNC(=NCc1cc(OC)c(OC)c(OC)c1)NCCC1=CCOCC1. The molecular formula is C20H31N3O4. The number of guanidine groups is 1. The van der Waals surface area contributed by atoms with Crippen LogP contribution in [0.1, 0.15) is 25.3 Å². The molecule has 27 heavy (non-hydrogen) atoms. The number of nitrogens with zero attached hydrogens (tertiary/aromatic N) is 1. The average Bonchev–Trinajstić information content (AvgIpc) is 2.71. The molecule has 0 radical (unpaired) electrons. The monoisotopic (exact) mass is 377 g/mol. The fourth-order valence-electron chi connectivity index (χ4n) is 2.87. The largest absolute Gasteiger partial charge is 0.493 e. The summed E-state index contributed by atoms with van der Waals surface area (Å²) in [7, 11) is 4.82. The summed E-state index contributed by atoms with van der Waals surface area (Å²) in [6, 6.07) is 3.84. The molecule has 0 aromatic heterocycles. The van der Waals surface area contributed by atoms with Crippen molar-refractivity contribution in [3.8, 4) is 17.2 Å². The first kappa shape index (κ1) is 20.9. The zero-order chi connectivity index (χ0) is 19.5. The van der Waals surface area contributed by atoms with E-state index in [1.807, 2.05) is 12.1 Å². The Kier molecular flexibility index (Phi) is 8.77. The third kappa shape index (κ3) is 6.36. The Bertz CT molecular complexity index is 634. The van der Waals surface area contributed by atoms with Gasteiger partial charge in [-0.05, 0) is 37.5 Å². The number of rotatable bonds is 9. The number of aliphatic imine (C=N–C) groups is 1. The number of nitrogens with one attached hydrogen (secondary N) is 2. The molecule has 0 saturated carbocycles. The Morgan fingerprint density at radius 3 is 2.41 bits per heavy atom. The van der Waals surface area contributed by atoms with Crippen molar-refractivity contribution in [3.63, 3.8) is 0 Å². The summed E-state index contributed by atoms with van der Waals surface area (Å²) in [6.07, 6.45) is 4.18. The normalized spacial score (nSPS) is 14.4. The van der Waals surface area contributed by atoms with E-state index in [0.717, 1.165) is 50.7 Å². The van der Waals surface area contributed by atoms with E-state index in [2.05, 4.69) is 28.6 Å². The molecule has 0 saturated heterocycles. The van der Waals surface area contributed by atoms with Crippen molar-refractivity contribution in [2.45, 2.75) is 26.3 Å². The highest BCUT2D eigenvalue weighted by Gasteiger charge is 2.13. The molecule has 0 atom stereocenters. The summed E-state index contributed by atoms with van der Waals surface area (Å²) in [6.45, 7) is 5.75. The Morgan fingerprint density at radius 1 is 1.11 bits per heavy atom. The van der Waals surface area contributed by atoms with E-state index < -0.39 is 0 Å². The van der Waals surface area contributed by atoms with Crippen LogP contribution in [0.4, 0.5) is 0 Å². The van der Waals surface area contributed by atoms with Gasteiger partial charge in [-0.25, -0.2) is 4.99 Å². The maximum atomic E-state index is 5.40. The second-order valence-corrected chi connectivity index (χ2v) is 6.09. The Balaban J connectivity index is 2.01. The van der Waals surface area contributed by atoms with Crippen molar-refractivity contribution < 1.29 is 18.9 Å². The van der Waals surface area contributed by atoms with Crippen molar-refractivity contribution in [1.82, 2.24) is 10.6 Å². The average molecular weight is 377 g/mol. The molecule has 0 unspecified atom stereocenters. The molecule has 1 aromatic rings. The first-order valence-electron chi connectivity index (χ1n) is 9.28. The van der Waals surface area contributed by atoms with Gasteiger partial charge in [0.05, 0.1) is 41.1 Å². The lowest BCUT2D eigenvalue weighted by Crippen LogP contribution is -2.38. The topological polar surface area (TPSA) is 73.3 Å². The van der Waals surface area contributed by atoms with Crippen LogP contribution in [0.25, 0.3) is 0 Å². The van der Waals surface area contributed by atoms with Crippen LogP contribution in [0.5, 0.6) is 17.2 Å². The Labute approximate surface area is 161 Å². The van der Waals surface area contributed by atoms with Crippen LogP contribution in [0.3, 0.4) is 0 Å². The van der Waals surface area contributed by atoms with Gasteiger partial charge in [0, 0.05) is 13.1 Å². The molecule has 7 nitrogen and oxygen atoms in total. The van der Waals surface area contributed by atoms with Gasteiger partial charge in [0.2, 0.25) is 5.75 Å². The third-order valence-electron chi connectivity index (χ3n) is 4.28. The van der Waals surface area contributed by atoms with Crippen LogP contribution < -0.4 is 24.8 Å². The van der Waals surface area contributed by atoms with Crippen molar-refractivity contribution >= 4 is 5.96 Å². The van der Waals surface area contributed by atoms with Crippen LogP contribution >= 0.6 is 0 Å². The number of hydrogen-bond acceptors (Lipinski definition) is 5. The molecule has 1 aromatic carbocycles. The standard InChI is InChI=1S/C20H31N3O4/c1-5-21-20(22-9-6-15-7-10-27-11-8-15)23-14-16-12-17(24-2)19(26-4)18(13-16)25-3/h7,12-13H,5-6,8-11,14H2,1-4H3,(H2,21,22,23). The van der Waals surface area contributed by atoms with Gasteiger partial charge < -0.3 is 29.6 Å². The van der Waals surface area contributed by atoms with E-state index >= 15 is 0 Å². The Morgan fingerprint density at radius 2 is 1.85 bits per heavy atom. The maximum Gasteiger partial charge on any atom is 0.203 e. The van der Waals surface area contributed by atoms with Crippen LogP contribution in [0, 0.1) is 0 Å². The van der Waals surface area contributed by atoms with Gasteiger partial charge in [0.25, 0.3) is 0 Å². The zero-order valence-corrected chi connectivity index (χ0v) is 16.8. The van der Waals surface area contributed by atoms with E-state index in [1.165, 1.54) is 5.57 Å². The quantitative estimate of drug-likeness (QED) is 0.391. The Hall–Kier alpha value is -2.41. The lowest BCUT2D eigenvalue weighted by atomic mass is 10.1. The molecule has 1 aliphatic rings. The summed E-state index contributed by atoms with van der Waals surface area (Å²) >= 11 is 0. The van der Waals surface area contributed by atoms with Crippen molar-refractivity contribution in [2.75, 3.05) is 47.6 Å². The summed E-state index contributed by atoms with van der Waals surface area (Å²) < 4.78 is 21.5. The first-order valence-corrected chi connectivity index (χ1v) is 9.28. The molecule has 150 valence electrons. The maximum absolute atomic E-state index is 5.40. The van der Waals surface area contributed by atoms with Crippen molar-refractivity contribution in [1.29, 1.82) is 0 Å². The number of benzene rings is 1. The van der Waals surface area contributed by atoms with Gasteiger partial charge in [-0.1, -0.05) is 11.6 Å². The third-order valence-corrected chi connectivity index (χ3v) is 4.28. The number of hydrogen-bond donors (Lipinski definition) is 2. The molecular weight excluding hydrogens is 346 g/mol. The molecule has 0 amide bonds. The molecule has 0 bridgehead atoms. The predicted molar refractivity (Wildman–Crippen MR) is 107 cm³/mol. The summed E-state index contributed by atoms with van der Waals surface area (Å²) in [4.78, 5) is 4.67. The van der Waals surface area contributed by atoms with E-state index in [0.29, 0.717) is 23.8 Å². The number of ether oxygens (including phenoxy) is 4. The van der Waals surface area contributed by atoms with Gasteiger partial charge in [-0.15, -0.1) is 0 Å². The fourth-order valence-corrected chi connectivity index (χ4v) is 2.87. The minimum absolute atomic E-state index is 0.503. The van der Waals surface area contributed by atoms with Crippen LogP contribution in [0.2, 0.25) is 0 Å². The number of methoxy groups -OCH3 is 3. The van der Waals surface area contributed by atoms with E-state index in [-0.39, 0.29) is 0 Å². The second kappa shape index (κ2) is 11.3. The molecule has 7 heteroatoms. The van der Waals surface area contributed by atoms with E-state index in [4.69, 9.17) is 18.9 Å². The highest BCUT2D eigenvalue weighted by molar-refractivity contribution is 5.79. The second-order valence-electron chi connectivity index (χ2n) is 6.09. The molecule has 1 heterocycles. The van der Waals surface area contributed by atoms with Crippen LogP contribution in [-0.4, -0.2) is 53.6 Å². The molecule has 0 fully saturated rings. The van der Waals surface area contributed by atoms with Crippen LogP contribution in [-0.2, 0) is 11.3 Å². The van der Waals surface area contributed by atoms with Gasteiger partial charge in [0.15, 0.2) is 17.5 Å². The molecule has 1 aliphatic heterocycles. The zero-order valence-electron chi connectivity index (χ0n) is 16.8. The smallest absolute Gasteiger partial charge is 0.203 e. The van der Waals surface area contributed by atoms with Gasteiger partial charge in [-0.3, -0.25) is 0 Å². The van der Waals surface area contributed by atoms with Crippen molar-refractivity contribution in [3.05, 3.63) is 29.3 Å². The molecule has 2 N–H and O–H groups in total. The minimum atomic E-state index is 0.503. The molecule has 0 aliphatic carbocycles. The van der Waals surface area contributed by atoms with Crippen molar-refractivity contribution in [2.24, 2.45) is 4.99 Å². The lowest BCUT2D eigenvalue weighted by Gasteiger charge is -2.16. The predicted octanol–water partition coefficient (Wildman–Crippen LogP) is 2.50. The minimum Gasteiger partial charge on any atom is -0.493 e. The highest BCUT2D eigenvalue weighted by Crippen LogP contribution is 2.38. The van der Waals surface area contributed by atoms with Gasteiger partial charge >= 0.3 is 0 Å². The summed E-state index contributed by atoms with van der Waals surface area (Å²) in [5.41, 5.74) is 2.42. The van der Waals surface area contributed by atoms with Gasteiger partial charge in [-0.2, -0.15) is 0 Å². The van der Waals surface area contributed by atoms with Crippen LogP contribution in [0.15, 0.2) is 28.8 Å². The van der Waals surface area contributed by atoms with E-state index in [9.17, 15) is 0 Å². The van der Waals surface area contributed by atoms with E-state index in [1.54, 1.807) is 21.3 Å². The first-order chi connectivity index (χ1) is 13.2. The summed E-state index contributed by atoms with van der Waals surface area (Å²) in [5, 5.41) is 6.67. The molecule has 2 rings (SSSR count). The highest BCUT2D eigenvalue weighted by atomic mass is 16.5. The fraction of sp³-hybridized carbons (Fsp3) is 0.550. The van der Waals surface area contributed by atoms with Gasteiger partial charge in [0.1, 0.15) is 0 Å².